The van der Waals surface area contributed by atoms with Crippen LogP contribution < -0.4 is 0 Å². The van der Waals surface area contributed by atoms with Crippen molar-refractivity contribution in [2.75, 3.05) is 13.2 Å². The summed E-state index contributed by atoms with van der Waals surface area (Å²) in [7, 11) is 0. The van der Waals surface area contributed by atoms with Crippen LogP contribution in [0.2, 0.25) is 0 Å². The molecule has 4 rings (SSSR count). The molecule has 3 aromatic rings. The third kappa shape index (κ3) is 4.95. The second kappa shape index (κ2) is 9.44. The molecular formula is C22H23F2N3O3S. The summed E-state index contributed by atoms with van der Waals surface area (Å²) in [6.07, 6.45) is 2.35. The number of nitrogens with zero attached hydrogens (tertiary/aromatic N) is 3. The Balaban J connectivity index is 1.49. The highest BCUT2D eigenvalue weighted by molar-refractivity contribution is 8.00. The van der Waals surface area contributed by atoms with E-state index in [0.717, 1.165) is 17.7 Å². The number of aliphatic hydroxyl groups is 1. The summed E-state index contributed by atoms with van der Waals surface area (Å²) in [5.74, 6) is -1.51. The first-order valence-corrected chi connectivity index (χ1v) is 10.8. The van der Waals surface area contributed by atoms with Crippen LogP contribution in [-0.4, -0.2) is 43.6 Å². The summed E-state index contributed by atoms with van der Waals surface area (Å²) in [6, 6.07) is 12.8. The molecular weight excluding hydrogens is 424 g/mol. The number of rotatable bonds is 7. The monoisotopic (exact) mass is 447 g/mol. The summed E-state index contributed by atoms with van der Waals surface area (Å²) in [5.41, 5.74) is -0.717. The minimum Gasteiger partial charge on any atom is -0.382 e. The largest absolute Gasteiger partial charge is 0.382 e. The molecule has 0 saturated carbocycles. The zero-order chi connectivity index (χ0) is 21.8. The van der Waals surface area contributed by atoms with Crippen molar-refractivity contribution in [2.45, 2.75) is 35.9 Å². The molecule has 2 aromatic carbocycles. The van der Waals surface area contributed by atoms with Gasteiger partial charge in [0.2, 0.25) is 0 Å². The molecule has 2 atom stereocenters. The molecule has 0 aliphatic carbocycles. The lowest BCUT2D eigenvalue weighted by Crippen LogP contribution is -2.43. The van der Waals surface area contributed by atoms with Crippen LogP contribution in [0.15, 0.2) is 61.2 Å². The van der Waals surface area contributed by atoms with Crippen molar-refractivity contribution in [1.29, 1.82) is 0 Å². The van der Waals surface area contributed by atoms with Gasteiger partial charge in [-0.1, -0.05) is 43.3 Å². The smallest absolute Gasteiger partial charge is 0.183 e. The molecule has 1 aliphatic rings. The van der Waals surface area contributed by atoms with Crippen LogP contribution >= 0.6 is 11.8 Å². The van der Waals surface area contributed by atoms with Gasteiger partial charge in [-0.2, -0.15) is 5.10 Å². The fourth-order valence-electron chi connectivity index (χ4n) is 3.60. The number of ether oxygens (including phenoxy) is 2. The second-order valence-corrected chi connectivity index (χ2v) is 9.10. The average Bonchev–Trinajstić information content (AvgIpc) is 3.27. The molecule has 0 spiro atoms. The molecule has 1 fully saturated rings. The average molecular weight is 448 g/mol. The van der Waals surface area contributed by atoms with E-state index >= 15 is 0 Å². The highest BCUT2D eigenvalue weighted by Gasteiger charge is 2.41. The Morgan fingerprint density at radius 3 is 2.58 bits per heavy atom. The highest BCUT2D eigenvalue weighted by atomic mass is 32.2. The van der Waals surface area contributed by atoms with Gasteiger partial charge in [0.1, 0.15) is 29.9 Å². The lowest BCUT2D eigenvalue weighted by atomic mass is 9.90. The number of halogens is 2. The van der Waals surface area contributed by atoms with Crippen LogP contribution in [0.3, 0.4) is 0 Å². The maximum atomic E-state index is 14.6. The van der Waals surface area contributed by atoms with Crippen molar-refractivity contribution in [1.82, 2.24) is 14.8 Å². The van der Waals surface area contributed by atoms with E-state index in [1.807, 2.05) is 30.3 Å². The van der Waals surface area contributed by atoms with E-state index in [0.29, 0.717) is 13.2 Å². The van der Waals surface area contributed by atoms with E-state index in [-0.39, 0.29) is 17.4 Å². The van der Waals surface area contributed by atoms with Crippen LogP contribution in [0.5, 0.6) is 0 Å². The molecule has 1 aliphatic heterocycles. The third-order valence-corrected chi connectivity index (χ3v) is 6.73. The Bertz CT molecular complexity index is 985. The van der Waals surface area contributed by atoms with Gasteiger partial charge in [0.05, 0.1) is 25.0 Å². The van der Waals surface area contributed by atoms with E-state index < -0.39 is 28.8 Å². The van der Waals surface area contributed by atoms with Gasteiger partial charge in [0.15, 0.2) is 6.29 Å². The van der Waals surface area contributed by atoms with Gasteiger partial charge in [0, 0.05) is 22.4 Å². The molecule has 0 radical (unpaired) electrons. The SMILES string of the molecule is C[C@@H](SC1COC(c2ccccc2)OC1)[C@](O)(Cn1cncn1)c1ccc(F)cc1F. The first-order valence-electron chi connectivity index (χ1n) is 9.89. The summed E-state index contributed by atoms with van der Waals surface area (Å²) >= 11 is 1.43. The maximum Gasteiger partial charge on any atom is 0.183 e. The van der Waals surface area contributed by atoms with E-state index in [2.05, 4.69) is 10.1 Å². The van der Waals surface area contributed by atoms with E-state index in [1.54, 1.807) is 6.92 Å². The minimum absolute atomic E-state index is 0.00390. The molecule has 1 aromatic heterocycles. The van der Waals surface area contributed by atoms with Crippen molar-refractivity contribution < 1.29 is 23.4 Å². The van der Waals surface area contributed by atoms with Gasteiger partial charge in [0.25, 0.3) is 0 Å². The highest BCUT2D eigenvalue weighted by Crippen LogP contribution is 2.39. The number of hydrogen-bond donors (Lipinski definition) is 1. The molecule has 31 heavy (non-hydrogen) atoms. The van der Waals surface area contributed by atoms with Gasteiger partial charge in [-0.05, 0) is 6.07 Å². The van der Waals surface area contributed by atoms with E-state index in [1.165, 1.54) is 35.2 Å². The Hall–Kier alpha value is -2.33. The van der Waals surface area contributed by atoms with Crippen molar-refractivity contribution in [3.8, 4) is 0 Å². The second-order valence-electron chi connectivity index (χ2n) is 7.45. The van der Waals surface area contributed by atoms with Gasteiger partial charge >= 0.3 is 0 Å². The molecule has 1 N–H and O–H groups in total. The Morgan fingerprint density at radius 1 is 1.19 bits per heavy atom. The number of aromatic nitrogens is 3. The predicted octanol–water partition coefficient (Wildman–Crippen LogP) is 3.68. The first-order chi connectivity index (χ1) is 15.0. The summed E-state index contributed by atoms with van der Waals surface area (Å²) in [5, 5.41) is 15.1. The fourth-order valence-corrected chi connectivity index (χ4v) is 4.92. The fraction of sp³-hybridized carbons (Fsp3) is 0.364. The maximum absolute atomic E-state index is 14.6. The third-order valence-electron chi connectivity index (χ3n) is 5.27. The van der Waals surface area contributed by atoms with Crippen molar-refractivity contribution >= 4 is 11.8 Å². The molecule has 0 bridgehead atoms. The molecule has 0 amide bonds. The Kier molecular flexibility index (Phi) is 6.66. The summed E-state index contributed by atoms with van der Waals surface area (Å²) in [6.45, 7) is 2.60. The van der Waals surface area contributed by atoms with Gasteiger partial charge in [-0.25, -0.2) is 18.4 Å². The zero-order valence-corrected chi connectivity index (χ0v) is 17.7. The zero-order valence-electron chi connectivity index (χ0n) is 16.9. The molecule has 9 heteroatoms. The predicted molar refractivity (Wildman–Crippen MR) is 112 cm³/mol. The first kappa shape index (κ1) is 21.9. The van der Waals surface area contributed by atoms with Gasteiger partial charge in [-0.3, -0.25) is 0 Å². The lowest BCUT2D eigenvalue weighted by Gasteiger charge is -2.37. The molecule has 2 heterocycles. The quantitative estimate of drug-likeness (QED) is 0.596. The minimum atomic E-state index is -1.66. The number of thioether (sulfide) groups is 1. The van der Waals surface area contributed by atoms with E-state index in [9.17, 15) is 13.9 Å². The Morgan fingerprint density at radius 2 is 1.94 bits per heavy atom. The molecule has 1 saturated heterocycles. The van der Waals surface area contributed by atoms with Crippen molar-refractivity contribution in [3.63, 3.8) is 0 Å². The van der Waals surface area contributed by atoms with Crippen LogP contribution in [0.25, 0.3) is 0 Å². The number of hydrogen-bond acceptors (Lipinski definition) is 6. The molecule has 164 valence electrons. The van der Waals surface area contributed by atoms with Crippen molar-refractivity contribution in [3.05, 3.63) is 83.9 Å². The van der Waals surface area contributed by atoms with E-state index in [4.69, 9.17) is 9.47 Å². The van der Waals surface area contributed by atoms with Crippen LogP contribution in [0, 0.1) is 11.6 Å². The Labute approximate surface area is 183 Å². The molecule has 6 nitrogen and oxygen atoms in total. The topological polar surface area (TPSA) is 69.4 Å². The number of benzene rings is 2. The summed E-state index contributed by atoms with van der Waals surface area (Å²) < 4.78 is 41.3. The standard InChI is InChI=1S/C22H23F2N3O3S/c1-15(31-18-10-29-21(30-11-18)16-5-3-2-4-6-16)22(28,12-27-14-25-13-26-27)19-8-7-17(23)9-20(19)24/h2-9,13-15,18,21,28H,10-12H2,1H3/t15-,18?,21?,22-/m1/s1. The summed E-state index contributed by atoms with van der Waals surface area (Å²) in [4.78, 5) is 3.89. The normalized spacial score (nSPS) is 22.1. The molecule has 0 unspecified atom stereocenters. The van der Waals surface area contributed by atoms with Crippen molar-refractivity contribution in [2.24, 2.45) is 0 Å². The lowest BCUT2D eigenvalue weighted by molar-refractivity contribution is -0.180. The van der Waals surface area contributed by atoms with Crippen LogP contribution in [0.4, 0.5) is 8.78 Å². The van der Waals surface area contributed by atoms with Crippen LogP contribution in [0.1, 0.15) is 24.3 Å². The van der Waals surface area contributed by atoms with Gasteiger partial charge < -0.3 is 14.6 Å². The van der Waals surface area contributed by atoms with Gasteiger partial charge in [-0.15, -0.1) is 11.8 Å². The van der Waals surface area contributed by atoms with Crippen LogP contribution in [-0.2, 0) is 21.6 Å².